The van der Waals surface area contributed by atoms with Crippen LogP contribution in [0.15, 0.2) is 47.4 Å². The van der Waals surface area contributed by atoms with Gasteiger partial charge in [0.25, 0.3) is 5.91 Å². The summed E-state index contributed by atoms with van der Waals surface area (Å²) in [6.45, 7) is 3.84. The van der Waals surface area contributed by atoms with Crippen LogP contribution in [-0.4, -0.2) is 63.5 Å². The second-order valence-electron chi connectivity index (χ2n) is 8.63. The van der Waals surface area contributed by atoms with E-state index in [4.69, 9.17) is 9.47 Å². The van der Waals surface area contributed by atoms with Gasteiger partial charge in [0, 0.05) is 25.2 Å². The lowest BCUT2D eigenvalue weighted by Crippen LogP contribution is -2.41. The fourth-order valence-corrected chi connectivity index (χ4v) is 6.29. The van der Waals surface area contributed by atoms with E-state index in [9.17, 15) is 13.2 Å². The molecule has 0 aliphatic carbocycles. The minimum Gasteiger partial charge on any atom is -0.497 e. The zero-order valence-electron chi connectivity index (χ0n) is 19.3. The number of hydrogen-bond donors (Lipinski definition) is 0. The maximum atomic E-state index is 13.7. The number of benzene rings is 2. The second-order valence-corrected chi connectivity index (χ2v) is 10.5. The summed E-state index contributed by atoms with van der Waals surface area (Å²) in [5.74, 6) is 0.651. The number of hydrogen-bond acceptors (Lipinski definition) is 5. The van der Waals surface area contributed by atoms with Crippen LogP contribution in [0.25, 0.3) is 0 Å². The molecule has 2 heterocycles. The molecule has 1 atom stereocenters. The van der Waals surface area contributed by atoms with Crippen LogP contribution in [0.3, 0.4) is 0 Å². The Morgan fingerprint density at radius 1 is 1.00 bits per heavy atom. The van der Waals surface area contributed by atoms with Crippen molar-refractivity contribution in [2.45, 2.75) is 43.5 Å². The van der Waals surface area contributed by atoms with Gasteiger partial charge in [-0.3, -0.25) is 4.79 Å². The van der Waals surface area contributed by atoms with Gasteiger partial charge in [-0.2, -0.15) is 4.31 Å². The number of rotatable bonds is 5. The third kappa shape index (κ3) is 5.08. The van der Waals surface area contributed by atoms with Crippen molar-refractivity contribution in [3.05, 3.63) is 59.2 Å². The normalized spacial score (nSPS) is 20.3. The highest BCUT2D eigenvalue weighted by molar-refractivity contribution is 7.89. The quantitative estimate of drug-likeness (QED) is 0.662. The van der Waals surface area contributed by atoms with Crippen LogP contribution in [-0.2, 0) is 14.8 Å². The molecule has 0 bridgehead atoms. The van der Waals surface area contributed by atoms with Gasteiger partial charge in [0.05, 0.1) is 31.3 Å². The van der Waals surface area contributed by atoms with Crippen LogP contribution >= 0.6 is 0 Å². The number of carbonyl (C=O) groups excluding carboxylic acids is 1. The smallest absolute Gasteiger partial charge is 0.254 e. The van der Waals surface area contributed by atoms with Crippen LogP contribution in [0.5, 0.6) is 5.75 Å². The maximum Gasteiger partial charge on any atom is 0.254 e. The monoisotopic (exact) mass is 472 g/mol. The van der Waals surface area contributed by atoms with Gasteiger partial charge < -0.3 is 14.4 Å². The molecular formula is C25H32N2O5S. The van der Waals surface area contributed by atoms with Crippen molar-refractivity contribution < 1.29 is 22.7 Å². The first kappa shape index (κ1) is 23.7. The zero-order valence-corrected chi connectivity index (χ0v) is 20.1. The Kier molecular flexibility index (Phi) is 7.36. The predicted molar refractivity (Wildman–Crippen MR) is 126 cm³/mol. The summed E-state index contributed by atoms with van der Waals surface area (Å²) in [5.41, 5.74) is 2.12. The van der Waals surface area contributed by atoms with E-state index < -0.39 is 10.0 Å². The molecule has 0 N–H and O–H groups in total. The molecule has 178 valence electrons. The lowest BCUT2D eigenvalue weighted by molar-refractivity contribution is 0.0680. The third-order valence-corrected chi connectivity index (χ3v) is 8.58. The van der Waals surface area contributed by atoms with Gasteiger partial charge in [-0.25, -0.2) is 8.42 Å². The molecule has 2 aliphatic heterocycles. The summed E-state index contributed by atoms with van der Waals surface area (Å²) >= 11 is 0. The number of carbonyl (C=O) groups is 1. The summed E-state index contributed by atoms with van der Waals surface area (Å²) in [4.78, 5) is 15.8. The van der Waals surface area contributed by atoms with E-state index in [1.165, 1.54) is 4.31 Å². The van der Waals surface area contributed by atoms with E-state index in [0.29, 0.717) is 44.0 Å². The standard InChI is InChI=1S/C25H32N2O5S/c1-19-7-8-21(18-24(19)33(29,30)26-14-16-32-17-15-26)25(28)27-13-5-3-4-6-23(27)20-9-11-22(31-2)12-10-20/h7-12,18,23H,3-6,13-17H2,1-2H3/t23-/m1/s1. The minimum absolute atomic E-state index is 0.0495. The molecule has 7 nitrogen and oxygen atoms in total. The van der Waals surface area contributed by atoms with Crippen molar-refractivity contribution in [3.63, 3.8) is 0 Å². The van der Waals surface area contributed by atoms with E-state index in [1.807, 2.05) is 29.2 Å². The van der Waals surface area contributed by atoms with Crippen molar-refractivity contribution in [2.75, 3.05) is 40.0 Å². The van der Waals surface area contributed by atoms with Crippen molar-refractivity contribution in [2.24, 2.45) is 0 Å². The Labute approximate surface area is 196 Å². The molecule has 8 heteroatoms. The molecule has 2 aromatic carbocycles. The van der Waals surface area contributed by atoms with E-state index >= 15 is 0 Å². The third-order valence-electron chi connectivity index (χ3n) is 6.54. The van der Waals surface area contributed by atoms with Crippen molar-refractivity contribution in [1.29, 1.82) is 0 Å². The summed E-state index contributed by atoms with van der Waals surface area (Å²) in [6.07, 6.45) is 3.93. The Morgan fingerprint density at radius 2 is 1.73 bits per heavy atom. The Hall–Kier alpha value is -2.42. The van der Waals surface area contributed by atoms with Gasteiger partial charge in [-0.15, -0.1) is 0 Å². The SMILES string of the molecule is COc1ccc([C@H]2CCCCCN2C(=O)c2ccc(C)c(S(=O)(=O)N3CCOCC3)c2)cc1. The largest absolute Gasteiger partial charge is 0.497 e. The van der Waals surface area contributed by atoms with Gasteiger partial charge in [-0.05, 0) is 55.2 Å². The van der Waals surface area contributed by atoms with Crippen LogP contribution in [0.2, 0.25) is 0 Å². The first-order valence-corrected chi connectivity index (χ1v) is 13.0. The molecule has 2 aromatic rings. The van der Waals surface area contributed by atoms with Crippen LogP contribution in [0, 0.1) is 6.92 Å². The van der Waals surface area contributed by atoms with Crippen molar-refractivity contribution in [1.82, 2.24) is 9.21 Å². The highest BCUT2D eigenvalue weighted by Gasteiger charge is 2.31. The first-order valence-electron chi connectivity index (χ1n) is 11.6. The maximum absolute atomic E-state index is 13.7. The molecule has 1 amide bonds. The number of aryl methyl sites for hydroxylation is 1. The number of morpholine rings is 1. The molecule has 0 aromatic heterocycles. The van der Waals surface area contributed by atoms with E-state index in [2.05, 4.69) is 0 Å². The number of ether oxygens (including phenoxy) is 2. The Bertz CT molecular complexity index is 1080. The van der Waals surface area contributed by atoms with Gasteiger partial charge in [0.15, 0.2) is 0 Å². The van der Waals surface area contributed by atoms with Crippen LogP contribution < -0.4 is 4.74 Å². The predicted octanol–water partition coefficient (Wildman–Crippen LogP) is 3.78. The highest BCUT2D eigenvalue weighted by Crippen LogP contribution is 2.33. The summed E-state index contributed by atoms with van der Waals surface area (Å²) in [6, 6.07) is 12.8. The zero-order chi connectivity index (χ0) is 23.4. The lowest BCUT2D eigenvalue weighted by atomic mass is 9.99. The molecule has 4 rings (SSSR count). The van der Waals surface area contributed by atoms with Gasteiger partial charge in [0.2, 0.25) is 10.0 Å². The molecule has 0 radical (unpaired) electrons. The lowest BCUT2D eigenvalue weighted by Gasteiger charge is -2.31. The fourth-order valence-electron chi connectivity index (χ4n) is 4.63. The Morgan fingerprint density at radius 3 is 2.42 bits per heavy atom. The van der Waals surface area contributed by atoms with E-state index in [-0.39, 0.29) is 16.8 Å². The number of methoxy groups -OCH3 is 1. The molecule has 2 saturated heterocycles. The minimum atomic E-state index is -3.69. The number of nitrogens with zero attached hydrogens (tertiary/aromatic N) is 2. The van der Waals surface area contributed by atoms with Gasteiger partial charge >= 0.3 is 0 Å². The molecule has 2 aliphatic rings. The Balaban J connectivity index is 1.65. The highest BCUT2D eigenvalue weighted by atomic mass is 32.2. The molecular weight excluding hydrogens is 440 g/mol. The van der Waals surface area contributed by atoms with E-state index in [0.717, 1.165) is 37.0 Å². The molecule has 0 spiro atoms. The molecule has 2 fully saturated rings. The second kappa shape index (κ2) is 10.2. The molecule has 33 heavy (non-hydrogen) atoms. The number of likely N-dealkylation sites (tertiary alicyclic amines) is 1. The van der Waals surface area contributed by atoms with E-state index in [1.54, 1.807) is 32.2 Å². The summed E-state index contributed by atoms with van der Waals surface area (Å²) in [7, 11) is -2.06. The summed E-state index contributed by atoms with van der Waals surface area (Å²) in [5, 5.41) is 0. The molecule has 0 saturated carbocycles. The fraction of sp³-hybridized carbons (Fsp3) is 0.480. The number of sulfonamides is 1. The van der Waals surface area contributed by atoms with Crippen LogP contribution in [0.1, 0.15) is 53.2 Å². The topological polar surface area (TPSA) is 76.2 Å². The van der Waals surface area contributed by atoms with Gasteiger partial charge in [0.1, 0.15) is 5.75 Å². The average molecular weight is 473 g/mol. The molecule has 0 unspecified atom stereocenters. The van der Waals surface area contributed by atoms with Crippen LogP contribution in [0.4, 0.5) is 0 Å². The summed E-state index contributed by atoms with van der Waals surface area (Å²) < 4.78 is 38.6. The van der Waals surface area contributed by atoms with Gasteiger partial charge in [-0.1, -0.05) is 31.0 Å². The number of amides is 1. The van der Waals surface area contributed by atoms with Crippen molar-refractivity contribution in [3.8, 4) is 5.75 Å². The average Bonchev–Trinajstić information content (AvgIpc) is 3.10. The first-order chi connectivity index (χ1) is 15.9. The van der Waals surface area contributed by atoms with Crippen molar-refractivity contribution >= 4 is 15.9 Å².